The van der Waals surface area contributed by atoms with Crippen molar-refractivity contribution in [2.45, 2.75) is 6.54 Å². The van der Waals surface area contributed by atoms with Gasteiger partial charge < -0.3 is 0 Å². The van der Waals surface area contributed by atoms with Gasteiger partial charge in [0.1, 0.15) is 5.69 Å². The molecule has 6 heteroatoms. The summed E-state index contributed by atoms with van der Waals surface area (Å²) in [5, 5.41) is 9.91. The van der Waals surface area contributed by atoms with Crippen molar-refractivity contribution in [2.24, 2.45) is 0 Å². The number of imide groups is 1. The number of hydrogen-bond donors (Lipinski definition) is 1. The van der Waals surface area contributed by atoms with Crippen LogP contribution in [0.2, 0.25) is 0 Å². The first-order valence-corrected chi connectivity index (χ1v) is 5.07. The Labute approximate surface area is 96.2 Å². The molecule has 0 saturated carbocycles. The molecule has 0 spiro atoms. The number of nitrogens with one attached hydrogen (secondary N) is 1. The molecule has 3 rings (SSSR count). The molecular formula is C11H8N4O2. The monoisotopic (exact) mass is 228 g/mol. The van der Waals surface area contributed by atoms with Crippen molar-refractivity contribution in [3.8, 4) is 0 Å². The van der Waals surface area contributed by atoms with E-state index in [2.05, 4.69) is 15.4 Å². The first-order valence-electron chi connectivity index (χ1n) is 5.07. The molecule has 2 amide bonds. The molecule has 1 N–H and O–H groups in total. The van der Waals surface area contributed by atoms with E-state index in [4.69, 9.17) is 0 Å². The molecule has 2 heterocycles. The molecule has 2 aromatic rings. The van der Waals surface area contributed by atoms with Crippen molar-refractivity contribution in [3.05, 3.63) is 47.3 Å². The number of aromatic nitrogens is 3. The van der Waals surface area contributed by atoms with Gasteiger partial charge >= 0.3 is 0 Å². The number of nitrogens with zero attached hydrogens (tertiary/aromatic N) is 3. The molecule has 0 unspecified atom stereocenters. The number of aromatic amines is 1. The maximum atomic E-state index is 12.0. The topological polar surface area (TPSA) is 79.0 Å². The minimum atomic E-state index is -0.284. The number of amides is 2. The quantitative estimate of drug-likeness (QED) is 0.763. The van der Waals surface area contributed by atoms with E-state index in [1.807, 2.05) is 0 Å². The first-order chi connectivity index (χ1) is 8.27. The van der Waals surface area contributed by atoms with Crippen LogP contribution in [0.25, 0.3) is 0 Å². The summed E-state index contributed by atoms with van der Waals surface area (Å²) >= 11 is 0. The zero-order valence-electron chi connectivity index (χ0n) is 8.75. The summed E-state index contributed by atoms with van der Waals surface area (Å²) in [6.45, 7) is 0.142. The van der Waals surface area contributed by atoms with E-state index in [0.717, 1.165) is 0 Å². The van der Waals surface area contributed by atoms with Gasteiger partial charge in [0, 0.05) is 0 Å². The summed E-state index contributed by atoms with van der Waals surface area (Å²) in [5.74, 6) is -0.567. The molecule has 6 nitrogen and oxygen atoms in total. The number of carbonyl (C=O) groups excluding carboxylic acids is 2. The van der Waals surface area contributed by atoms with Crippen LogP contribution in [0.1, 0.15) is 26.4 Å². The number of fused-ring (bicyclic) bond motifs is 1. The van der Waals surface area contributed by atoms with Crippen LogP contribution in [0.15, 0.2) is 30.5 Å². The van der Waals surface area contributed by atoms with Gasteiger partial charge in [0.15, 0.2) is 0 Å². The normalized spacial score (nSPS) is 14.2. The molecule has 0 saturated heterocycles. The van der Waals surface area contributed by atoms with Crippen LogP contribution >= 0.6 is 0 Å². The third-order valence-electron chi connectivity index (χ3n) is 2.66. The van der Waals surface area contributed by atoms with Crippen LogP contribution in [0.4, 0.5) is 0 Å². The summed E-state index contributed by atoms with van der Waals surface area (Å²) in [6.07, 6.45) is 1.49. The lowest BCUT2D eigenvalue weighted by Crippen LogP contribution is -2.29. The van der Waals surface area contributed by atoms with Crippen LogP contribution in [-0.4, -0.2) is 32.1 Å². The van der Waals surface area contributed by atoms with E-state index in [0.29, 0.717) is 16.8 Å². The molecule has 84 valence electrons. The fourth-order valence-corrected chi connectivity index (χ4v) is 1.85. The number of hydrogen-bond acceptors (Lipinski definition) is 4. The molecule has 17 heavy (non-hydrogen) atoms. The first kappa shape index (κ1) is 9.71. The van der Waals surface area contributed by atoms with Gasteiger partial charge in [0.25, 0.3) is 11.8 Å². The van der Waals surface area contributed by atoms with Crippen LogP contribution in [0.5, 0.6) is 0 Å². The van der Waals surface area contributed by atoms with E-state index in [1.54, 1.807) is 24.3 Å². The average Bonchev–Trinajstić information content (AvgIpc) is 2.94. The van der Waals surface area contributed by atoms with Crippen molar-refractivity contribution in [1.82, 2.24) is 20.3 Å². The lowest BCUT2D eigenvalue weighted by Gasteiger charge is -2.10. The third kappa shape index (κ3) is 1.42. The highest BCUT2D eigenvalue weighted by atomic mass is 16.2. The maximum Gasteiger partial charge on any atom is 0.261 e. The number of H-pyrrole nitrogens is 1. The van der Waals surface area contributed by atoms with Crippen LogP contribution in [0, 0.1) is 0 Å². The van der Waals surface area contributed by atoms with Crippen molar-refractivity contribution in [1.29, 1.82) is 0 Å². The standard InChI is InChI=1S/C11H8N4O2/c16-10-8-3-1-2-4-9(8)11(17)15(10)6-7-5-12-14-13-7/h1-5H,6H2,(H,12,13,14). The number of benzene rings is 1. The summed E-state index contributed by atoms with van der Waals surface area (Å²) in [5.41, 5.74) is 1.45. The van der Waals surface area contributed by atoms with Gasteiger partial charge in [0.2, 0.25) is 0 Å². The highest BCUT2D eigenvalue weighted by Crippen LogP contribution is 2.23. The van der Waals surface area contributed by atoms with Gasteiger partial charge in [-0.3, -0.25) is 14.5 Å². The minimum absolute atomic E-state index is 0.142. The van der Waals surface area contributed by atoms with Crippen molar-refractivity contribution in [3.63, 3.8) is 0 Å². The molecule has 1 aromatic carbocycles. The Morgan fingerprint density at radius 3 is 2.29 bits per heavy atom. The van der Waals surface area contributed by atoms with E-state index >= 15 is 0 Å². The second-order valence-electron chi connectivity index (χ2n) is 3.70. The Morgan fingerprint density at radius 1 is 1.12 bits per heavy atom. The summed E-state index contributed by atoms with van der Waals surface area (Å²) < 4.78 is 0. The Bertz CT molecular complexity index is 556. The lowest BCUT2D eigenvalue weighted by molar-refractivity contribution is 0.0640. The molecular weight excluding hydrogens is 220 g/mol. The summed E-state index contributed by atoms with van der Waals surface area (Å²) in [4.78, 5) is 25.1. The van der Waals surface area contributed by atoms with Gasteiger partial charge in [-0.2, -0.15) is 15.4 Å². The van der Waals surface area contributed by atoms with Crippen molar-refractivity contribution < 1.29 is 9.59 Å². The SMILES string of the molecule is O=C1c2ccccc2C(=O)N1Cc1cn[nH]n1. The van der Waals surface area contributed by atoms with E-state index in [9.17, 15) is 9.59 Å². The van der Waals surface area contributed by atoms with Gasteiger partial charge in [-0.1, -0.05) is 12.1 Å². The Morgan fingerprint density at radius 2 is 1.76 bits per heavy atom. The van der Waals surface area contributed by atoms with Crippen LogP contribution in [0.3, 0.4) is 0 Å². The molecule has 0 fully saturated rings. The minimum Gasteiger partial charge on any atom is -0.269 e. The summed E-state index contributed by atoms with van der Waals surface area (Å²) in [6, 6.07) is 6.78. The van der Waals surface area contributed by atoms with E-state index < -0.39 is 0 Å². The van der Waals surface area contributed by atoms with E-state index in [1.165, 1.54) is 11.1 Å². The van der Waals surface area contributed by atoms with Gasteiger partial charge in [-0.25, -0.2) is 0 Å². The Hall–Kier alpha value is -2.50. The lowest BCUT2D eigenvalue weighted by atomic mass is 10.1. The van der Waals surface area contributed by atoms with Gasteiger partial charge in [-0.15, -0.1) is 0 Å². The molecule has 0 aliphatic carbocycles. The molecule has 1 aliphatic heterocycles. The second-order valence-corrected chi connectivity index (χ2v) is 3.70. The van der Waals surface area contributed by atoms with E-state index in [-0.39, 0.29) is 18.4 Å². The fourth-order valence-electron chi connectivity index (χ4n) is 1.85. The smallest absolute Gasteiger partial charge is 0.261 e. The fraction of sp³-hybridized carbons (Fsp3) is 0.0909. The molecule has 0 bridgehead atoms. The van der Waals surface area contributed by atoms with Crippen molar-refractivity contribution >= 4 is 11.8 Å². The zero-order chi connectivity index (χ0) is 11.8. The third-order valence-corrected chi connectivity index (χ3v) is 2.66. The predicted octanol–water partition coefficient (Wildman–Crippen LogP) is 0.601. The Kier molecular flexibility index (Phi) is 2.01. The average molecular weight is 228 g/mol. The Balaban J connectivity index is 1.95. The predicted molar refractivity (Wildman–Crippen MR) is 57.0 cm³/mol. The highest BCUT2D eigenvalue weighted by molar-refractivity contribution is 6.21. The zero-order valence-corrected chi connectivity index (χ0v) is 8.75. The molecule has 0 atom stereocenters. The molecule has 1 aromatic heterocycles. The van der Waals surface area contributed by atoms with Crippen molar-refractivity contribution in [2.75, 3.05) is 0 Å². The highest BCUT2D eigenvalue weighted by Gasteiger charge is 2.35. The van der Waals surface area contributed by atoms with Gasteiger partial charge in [-0.05, 0) is 12.1 Å². The maximum absolute atomic E-state index is 12.0. The molecule has 0 radical (unpaired) electrons. The largest absolute Gasteiger partial charge is 0.269 e. The second kappa shape index (κ2) is 3.51. The number of rotatable bonds is 2. The van der Waals surface area contributed by atoms with Gasteiger partial charge in [0.05, 0.1) is 23.9 Å². The molecule has 1 aliphatic rings. The van der Waals surface area contributed by atoms with Crippen LogP contribution in [-0.2, 0) is 6.54 Å². The van der Waals surface area contributed by atoms with Crippen LogP contribution < -0.4 is 0 Å². The summed E-state index contributed by atoms with van der Waals surface area (Å²) in [7, 11) is 0. The number of carbonyl (C=O) groups is 2.